The van der Waals surface area contributed by atoms with Crippen LogP contribution in [0.2, 0.25) is 5.02 Å². The van der Waals surface area contributed by atoms with Crippen molar-refractivity contribution in [3.8, 4) is 17.0 Å². The molecule has 2 rings (SSSR count). The second-order valence-electron chi connectivity index (χ2n) is 3.73. The third-order valence-electron chi connectivity index (χ3n) is 2.75. The first-order valence-electron chi connectivity index (χ1n) is 5.25. The van der Waals surface area contributed by atoms with Crippen molar-refractivity contribution in [2.24, 2.45) is 5.73 Å². The Bertz CT molecular complexity index is 537. The van der Waals surface area contributed by atoms with Gasteiger partial charge in [-0.05, 0) is 30.7 Å². The van der Waals surface area contributed by atoms with Gasteiger partial charge in [0.15, 0.2) is 0 Å². The summed E-state index contributed by atoms with van der Waals surface area (Å²) >= 11 is 6.20. The van der Waals surface area contributed by atoms with Gasteiger partial charge in [0.25, 0.3) is 0 Å². The molecule has 1 aromatic heterocycles. The van der Waals surface area contributed by atoms with E-state index in [2.05, 4.69) is 10.2 Å². The Morgan fingerprint density at radius 1 is 1.47 bits per heavy atom. The van der Waals surface area contributed by atoms with Gasteiger partial charge in [0.05, 0.1) is 23.5 Å². The van der Waals surface area contributed by atoms with Gasteiger partial charge < -0.3 is 10.5 Å². The molecule has 0 aliphatic rings. The predicted molar refractivity (Wildman–Crippen MR) is 68.2 cm³/mol. The molecule has 1 heterocycles. The number of hydrogen-bond donors (Lipinski definition) is 2. The van der Waals surface area contributed by atoms with E-state index in [-0.39, 0.29) is 0 Å². The largest absolute Gasteiger partial charge is 0.497 e. The standard InChI is InChI=1S/C12H14ClN3O/c1-7-11(6-14)15-16-12(7)9-4-3-8(17-2)5-10(9)13/h3-5H,6,14H2,1-2H3,(H,15,16). The molecular weight excluding hydrogens is 238 g/mol. The summed E-state index contributed by atoms with van der Waals surface area (Å²) in [6, 6.07) is 5.52. The van der Waals surface area contributed by atoms with Crippen LogP contribution < -0.4 is 10.5 Å². The molecule has 0 unspecified atom stereocenters. The maximum Gasteiger partial charge on any atom is 0.120 e. The molecule has 0 atom stereocenters. The molecule has 0 aliphatic heterocycles. The number of nitrogens with one attached hydrogen (secondary N) is 1. The van der Waals surface area contributed by atoms with Gasteiger partial charge in [0.2, 0.25) is 0 Å². The van der Waals surface area contributed by atoms with Crippen LogP contribution in [0.3, 0.4) is 0 Å². The van der Waals surface area contributed by atoms with Gasteiger partial charge in [-0.2, -0.15) is 5.10 Å². The zero-order valence-corrected chi connectivity index (χ0v) is 10.5. The van der Waals surface area contributed by atoms with E-state index in [9.17, 15) is 0 Å². The average molecular weight is 252 g/mol. The normalized spacial score (nSPS) is 10.6. The third kappa shape index (κ3) is 2.14. The van der Waals surface area contributed by atoms with E-state index < -0.39 is 0 Å². The highest BCUT2D eigenvalue weighted by Crippen LogP contribution is 2.32. The van der Waals surface area contributed by atoms with Crippen LogP contribution in [0.25, 0.3) is 11.3 Å². The van der Waals surface area contributed by atoms with Crippen LogP contribution in [0, 0.1) is 6.92 Å². The Hall–Kier alpha value is -1.52. The lowest BCUT2D eigenvalue weighted by molar-refractivity contribution is 0.415. The molecule has 90 valence electrons. The van der Waals surface area contributed by atoms with Gasteiger partial charge in [-0.15, -0.1) is 0 Å². The average Bonchev–Trinajstić information content (AvgIpc) is 2.70. The molecule has 2 aromatic rings. The van der Waals surface area contributed by atoms with E-state index in [4.69, 9.17) is 22.1 Å². The number of halogens is 1. The number of methoxy groups -OCH3 is 1. The summed E-state index contributed by atoms with van der Waals surface area (Å²) in [6.45, 7) is 2.41. The predicted octanol–water partition coefficient (Wildman–Crippen LogP) is 2.51. The van der Waals surface area contributed by atoms with Crippen LogP contribution in [0.15, 0.2) is 18.2 Å². The van der Waals surface area contributed by atoms with Crippen molar-refractivity contribution < 1.29 is 4.74 Å². The van der Waals surface area contributed by atoms with Crippen LogP contribution in [-0.4, -0.2) is 17.3 Å². The Labute approximate surface area is 105 Å². The number of nitrogens with zero attached hydrogens (tertiary/aromatic N) is 1. The smallest absolute Gasteiger partial charge is 0.120 e. The number of ether oxygens (including phenoxy) is 1. The lowest BCUT2D eigenvalue weighted by atomic mass is 10.1. The number of benzene rings is 1. The molecule has 0 bridgehead atoms. The third-order valence-corrected chi connectivity index (χ3v) is 3.06. The Morgan fingerprint density at radius 3 is 2.76 bits per heavy atom. The molecule has 5 heteroatoms. The highest BCUT2D eigenvalue weighted by Gasteiger charge is 2.13. The highest BCUT2D eigenvalue weighted by molar-refractivity contribution is 6.33. The van der Waals surface area contributed by atoms with E-state index in [1.807, 2.05) is 19.1 Å². The summed E-state index contributed by atoms with van der Waals surface area (Å²) in [7, 11) is 1.61. The maximum atomic E-state index is 6.20. The van der Waals surface area contributed by atoms with Gasteiger partial charge in [-0.1, -0.05) is 11.6 Å². The second-order valence-corrected chi connectivity index (χ2v) is 4.13. The zero-order chi connectivity index (χ0) is 12.4. The first-order valence-corrected chi connectivity index (χ1v) is 5.63. The molecule has 1 aromatic carbocycles. The van der Waals surface area contributed by atoms with Crippen LogP contribution in [0.5, 0.6) is 5.75 Å². The van der Waals surface area contributed by atoms with Crippen molar-refractivity contribution in [3.63, 3.8) is 0 Å². The fraction of sp³-hybridized carbons (Fsp3) is 0.250. The van der Waals surface area contributed by atoms with Gasteiger partial charge in [0.1, 0.15) is 5.75 Å². The zero-order valence-electron chi connectivity index (χ0n) is 9.75. The Morgan fingerprint density at radius 2 is 2.24 bits per heavy atom. The SMILES string of the molecule is COc1ccc(-c2n[nH]c(CN)c2C)c(Cl)c1. The van der Waals surface area contributed by atoms with E-state index in [0.29, 0.717) is 11.6 Å². The van der Waals surface area contributed by atoms with Gasteiger partial charge in [-0.3, -0.25) is 5.10 Å². The van der Waals surface area contributed by atoms with Gasteiger partial charge >= 0.3 is 0 Å². The molecule has 0 saturated carbocycles. The van der Waals surface area contributed by atoms with Crippen LogP contribution in [-0.2, 0) is 6.54 Å². The number of hydrogen-bond acceptors (Lipinski definition) is 3. The van der Waals surface area contributed by atoms with E-state index >= 15 is 0 Å². The first-order chi connectivity index (χ1) is 8.17. The lowest BCUT2D eigenvalue weighted by Gasteiger charge is -2.05. The highest BCUT2D eigenvalue weighted by atomic mass is 35.5. The number of aromatic amines is 1. The molecule has 0 radical (unpaired) electrons. The Balaban J connectivity index is 2.49. The molecule has 3 N–H and O–H groups in total. The number of nitrogens with two attached hydrogens (primary N) is 1. The summed E-state index contributed by atoms with van der Waals surface area (Å²) in [6.07, 6.45) is 0. The summed E-state index contributed by atoms with van der Waals surface area (Å²) < 4.78 is 5.11. The monoisotopic (exact) mass is 251 g/mol. The van der Waals surface area contributed by atoms with Crippen molar-refractivity contribution in [2.75, 3.05) is 7.11 Å². The fourth-order valence-corrected chi connectivity index (χ4v) is 1.97. The second kappa shape index (κ2) is 4.77. The fourth-order valence-electron chi connectivity index (χ4n) is 1.71. The molecule has 0 aliphatic carbocycles. The number of rotatable bonds is 3. The Kier molecular flexibility index (Phi) is 3.36. The topological polar surface area (TPSA) is 63.9 Å². The van der Waals surface area contributed by atoms with E-state index in [1.54, 1.807) is 13.2 Å². The molecule has 0 spiro atoms. The van der Waals surface area contributed by atoms with Crippen molar-refractivity contribution >= 4 is 11.6 Å². The molecular formula is C12H14ClN3O. The summed E-state index contributed by atoms with van der Waals surface area (Å²) in [4.78, 5) is 0. The molecule has 17 heavy (non-hydrogen) atoms. The van der Waals surface area contributed by atoms with E-state index in [0.717, 1.165) is 28.3 Å². The summed E-state index contributed by atoms with van der Waals surface area (Å²) in [5, 5.41) is 7.77. The summed E-state index contributed by atoms with van der Waals surface area (Å²) in [5.74, 6) is 0.728. The minimum atomic E-state index is 0.437. The van der Waals surface area contributed by atoms with E-state index in [1.165, 1.54) is 0 Å². The van der Waals surface area contributed by atoms with Crippen molar-refractivity contribution in [1.82, 2.24) is 10.2 Å². The maximum absolute atomic E-state index is 6.20. The quantitative estimate of drug-likeness (QED) is 0.881. The minimum Gasteiger partial charge on any atom is -0.497 e. The summed E-state index contributed by atoms with van der Waals surface area (Å²) in [5.41, 5.74) is 9.26. The van der Waals surface area contributed by atoms with Crippen LogP contribution in [0.1, 0.15) is 11.3 Å². The van der Waals surface area contributed by atoms with Crippen LogP contribution >= 0.6 is 11.6 Å². The van der Waals surface area contributed by atoms with Crippen molar-refractivity contribution in [2.45, 2.75) is 13.5 Å². The van der Waals surface area contributed by atoms with Crippen molar-refractivity contribution in [3.05, 3.63) is 34.5 Å². The number of H-pyrrole nitrogens is 1. The number of aromatic nitrogens is 2. The van der Waals surface area contributed by atoms with Crippen LogP contribution in [0.4, 0.5) is 0 Å². The lowest BCUT2D eigenvalue weighted by Crippen LogP contribution is -1.98. The molecule has 0 fully saturated rings. The first kappa shape index (κ1) is 12.0. The molecule has 0 saturated heterocycles. The minimum absolute atomic E-state index is 0.437. The molecule has 0 amide bonds. The van der Waals surface area contributed by atoms with Crippen molar-refractivity contribution in [1.29, 1.82) is 0 Å². The molecule has 4 nitrogen and oxygen atoms in total. The van der Waals surface area contributed by atoms with Gasteiger partial charge in [-0.25, -0.2) is 0 Å². The van der Waals surface area contributed by atoms with Gasteiger partial charge in [0, 0.05) is 12.1 Å².